The molecule has 2 amide bonds. The lowest BCUT2D eigenvalue weighted by Gasteiger charge is -2.22. The molecular formula is C12H9BrN2O3. The van der Waals surface area contributed by atoms with Crippen molar-refractivity contribution in [1.82, 2.24) is 5.32 Å². The van der Waals surface area contributed by atoms with E-state index in [2.05, 4.69) is 21.2 Å². The van der Waals surface area contributed by atoms with Gasteiger partial charge in [-0.2, -0.15) is 5.26 Å². The van der Waals surface area contributed by atoms with E-state index in [0.717, 1.165) is 0 Å². The van der Waals surface area contributed by atoms with Crippen LogP contribution < -0.4 is 10.1 Å². The van der Waals surface area contributed by atoms with E-state index in [1.54, 1.807) is 18.2 Å². The minimum atomic E-state index is -0.664. The van der Waals surface area contributed by atoms with Crippen LogP contribution in [0.25, 0.3) is 0 Å². The molecule has 0 aromatic heterocycles. The average Bonchev–Trinajstić information content (AvgIpc) is 2.33. The van der Waals surface area contributed by atoms with Gasteiger partial charge < -0.3 is 4.74 Å². The van der Waals surface area contributed by atoms with Crippen molar-refractivity contribution in [2.75, 3.05) is 0 Å². The monoisotopic (exact) mass is 308 g/mol. The summed E-state index contributed by atoms with van der Waals surface area (Å²) in [6, 6.07) is 6.86. The predicted octanol–water partition coefficient (Wildman–Crippen LogP) is 1.50. The molecule has 1 aliphatic rings. The predicted molar refractivity (Wildman–Crippen MR) is 65.7 cm³/mol. The molecule has 1 N–H and O–H groups in total. The van der Waals surface area contributed by atoms with Gasteiger partial charge in [-0.3, -0.25) is 14.9 Å². The molecule has 0 spiro atoms. The van der Waals surface area contributed by atoms with Gasteiger partial charge in [-0.15, -0.1) is 0 Å². The maximum absolute atomic E-state index is 11.5. The Balaban J connectivity index is 2.10. The third-order valence-electron chi connectivity index (χ3n) is 2.53. The second-order valence-electron chi connectivity index (χ2n) is 3.81. The van der Waals surface area contributed by atoms with E-state index in [4.69, 9.17) is 10.00 Å². The van der Waals surface area contributed by atoms with Gasteiger partial charge in [-0.05, 0) is 34.1 Å². The lowest BCUT2D eigenvalue weighted by atomic mass is 10.1. The number of hydrogen-bond acceptors (Lipinski definition) is 4. The Morgan fingerprint density at radius 2 is 2.22 bits per heavy atom. The molecule has 1 aromatic rings. The number of ether oxygens (including phenoxy) is 1. The van der Waals surface area contributed by atoms with Crippen molar-refractivity contribution < 1.29 is 14.3 Å². The summed E-state index contributed by atoms with van der Waals surface area (Å²) in [5.74, 6) is -0.219. The van der Waals surface area contributed by atoms with Crippen molar-refractivity contribution >= 4 is 27.7 Å². The van der Waals surface area contributed by atoms with Crippen LogP contribution in [-0.4, -0.2) is 17.9 Å². The zero-order valence-electron chi connectivity index (χ0n) is 9.27. The zero-order chi connectivity index (χ0) is 13.1. The van der Waals surface area contributed by atoms with E-state index in [1.807, 2.05) is 6.07 Å². The van der Waals surface area contributed by atoms with Crippen LogP contribution in [0.5, 0.6) is 5.75 Å². The second-order valence-corrected chi connectivity index (χ2v) is 4.67. The van der Waals surface area contributed by atoms with Gasteiger partial charge in [0.25, 0.3) is 5.91 Å². The molecule has 1 aliphatic heterocycles. The summed E-state index contributed by atoms with van der Waals surface area (Å²) < 4.78 is 6.10. The highest BCUT2D eigenvalue weighted by atomic mass is 79.9. The summed E-state index contributed by atoms with van der Waals surface area (Å²) in [6.45, 7) is 0. The Morgan fingerprint density at radius 1 is 1.44 bits per heavy atom. The maximum atomic E-state index is 11.5. The van der Waals surface area contributed by atoms with Crippen LogP contribution >= 0.6 is 15.9 Å². The molecule has 6 heteroatoms. The molecule has 92 valence electrons. The number of amides is 2. The van der Waals surface area contributed by atoms with E-state index in [9.17, 15) is 9.59 Å². The van der Waals surface area contributed by atoms with Crippen molar-refractivity contribution in [1.29, 1.82) is 5.26 Å². The first-order valence-electron chi connectivity index (χ1n) is 5.30. The highest BCUT2D eigenvalue weighted by Crippen LogP contribution is 2.24. The van der Waals surface area contributed by atoms with Crippen LogP contribution in [0, 0.1) is 11.3 Å². The van der Waals surface area contributed by atoms with E-state index in [1.165, 1.54) is 0 Å². The molecule has 1 heterocycles. The number of nitrogens with one attached hydrogen (secondary N) is 1. The molecule has 1 fully saturated rings. The number of carbonyl (C=O) groups is 2. The number of nitriles is 1. The largest absolute Gasteiger partial charge is 0.481 e. The smallest absolute Gasteiger partial charge is 0.267 e. The number of carbonyl (C=O) groups excluding carboxylic acids is 2. The second kappa shape index (κ2) is 5.19. The summed E-state index contributed by atoms with van der Waals surface area (Å²) in [5, 5.41) is 11.0. The standard InChI is InChI=1S/C12H9BrN2O3/c13-9-5-8(2-1-7(9)6-14)18-10-3-4-11(16)15-12(10)17/h1-2,5,10H,3-4H2,(H,15,16,17). The van der Waals surface area contributed by atoms with Crippen molar-refractivity contribution in [2.24, 2.45) is 0 Å². The fourth-order valence-corrected chi connectivity index (χ4v) is 2.06. The van der Waals surface area contributed by atoms with Gasteiger partial charge in [0.2, 0.25) is 5.91 Å². The molecule has 5 nitrogen and oxygen atoms in total. The molecule has 1 saturated heterocycles. The van der Waals surface area contributed by atoms with Gasteiger partial charge in [0.15, 0.2) is 6.10 Å². The van der Waals surface area contributed by atoms with E-state index >= 15 is 0 Å². The number of hydrogen-bond donors (Lipinski definition) is 1. The van der Waals surface area contributed by atoms with E-state index in [-0.39, 0.29) is 12.3 Å². The topological polar surface area (TPSA) is 79.2 Å². The average molecular weight is 309 g/mol. The normalized spacial score (nSPS) is 19.0. The van der Waals surface area contributed by atoms with Crippen LogP contribution in [0.4, 0.5) is 0 Å². The van der Waals surface area contributed by atoms with Crippen molar-refractivity contribution in [2.45, 2.75) is 18.9 Å². The lowest BCUT2D eigenvalue weighted by Crippen LogP contribution is -2.46. The number of imide groups is 1. The van der Waals surface area contributed by atoms with Crippen molar-refractivity contribution in [3.63, 3.8) is 0 Å². The number of piperidine rings is 1. The molecule has 0 radical (unpaired) electrons. The fraction of sp³-hybridized carbons (Fsp3) is 0.250. The first-order valence-corrected chi connectivity index (χ1v) is 6.09. The Labute approximate surface area is 112 Å². The maximum Gasteiger partial charge on any atom is 0.267 e. The first kappa shape index (κ1) is 12.6. The summed E-state index contributed by atoms with van der Waals surface area (Å²) in [4.78, 5) is 22.5. The number of rotatable bonds is 2. The molecule has 1 atom stereocenters. The minimum absolute atomic E-state index is 0.272. The quantitative estimate of drug-likeness (QED) is 0.840. The van der Waals surface area contributed by atoms with Gasteiger partial charge in [-0.25, -0.2) is 0 Å². The third-order valence-corrected chi connectivity index (χ3v) is 3.18. The number of halogens is 1. The van der Waals surface area contributed by atoms with Crippen LogP contribution in [0.15, 0.2) is 22.7 Å². The number of benzene rings is 1. The fourth-order valence-electron chi connectivity index (χ4n) is 1.61. The van der Waals surface area contributed by atoms with E-state index < -0.39 is 12.0 Å². The molecule has 0 bridgehead atoms. The van der Waals surface area contributed by atoms with Crippen LogP contribution in [-0.2, 0) is 9.59 Å². The molecule has 0 aliphatic carbocycles. The van der Waals surface area contributed by atoms with Crippen molar-refractivity contribution in [3.8, 4) is 11.8 Å². The van der Waals surface area contributed by atoms with Gasteiger partial charge in [0.1, 0.15) is 11.8 Å². The lowest BCUT2D eigenvalue weighted by molar-refractivity contribution is -0.138. The van der Waals surface area contributed by atoms with Gasteiger partial charge >= 0.3 is 0 Å². The van der Waals surface area contributed by atoms with Crippen LogP contribution in [0.1, 0.15) is 18.4 Å². The molecule has 1 aromatic carbocycles. The summed E-state index contributed by atoms with van der Waals surface area (Å²) >= 11 is 3.24. The molecule has 18 heavy (non-hydrogen) atoms. The van der Waals surface area contributed by atoms with Crippen LogP contribution in [0.2, 0.25) is 0 Å². The molecule has 2 rings (SSSR count). The first-order chi connectivity index (χ1) is 8.60. The van der Waals surface area contributed by atoms with Gasteiger partial charge in [0, 0.05) is 17.3 Å². The van der Waals surface area contributed by atoms with Gasteiger partial charge in [0.05, 0.1) is 5.56 Å². The van der Waals surface area contributed by atoms with Crippen LogP contribution in [0.3, 0.4) is 0 Å². The molecular weight excluding hydrogens is 300 g/mol. The summed E-state index contributed by atoms with van der Waals surface area (Å²) in [7, 11) is 0. The highest BCUT2D eigenvalue weighted by Gasteiger charge is 2.28. The Bertz CT molecular complexity index is 551. The van der Waals surface area contributed by atoms with E-state index in [0.29, 0.717) is 22.2 Å². The zero-order valence-corrected chi connectivity index (χ0v) is 10.9. The Morgan fingerprint density at radius 3 is 2.83 bits per heavy atom. The van der Waals surface area contributed by atoms with Gasteiger partial charge in [-0.1, -0.05) is 0 Å². The summed E-state index contributed by atoms with van der Waals surface area (Å²) in [6.07, 6.45) is -0.0293. The number of nitrogens with zero attached hydrogens (tertiary/aromatic N) is 1. The third kappa shape index (κ3) is 2.68. The molecule has 1 unspecified atom stereocenters. The van der Waals surface area contributed by atoms with Crippen molar-refractivity contribution in [3.05, 3.63) is 28.2 Å². The Hall–Kier alpha value is -1.87. The summed E-state index contributed by atoms with van der Waals surface area (Å²) in [5.41, 5.74) is 0.491. The molecule has 0 saturated carbocycles. The SMILES string of the molecule is N#Cc1ccc(OC2CCC(=O)NC2=O)cc1Br. The highest BCUT2D eigenvalue weighted by molar-refractivity contribution is 9.10. The minimum Gasteiger partial charge on any atom is -0.481 e. The Kier molecular flexibility index (Phi) is 3.63.